The number of aromatic carboxylic acids is 1. The number of imidazole rings is 1. The van der Waals surface area contributed by atoms with E-state index in [9.17, 15) is 23.1 Å². The first-order valence-corrected chi connectivity index (χ1v) is 10.8. The van der Waals surface area contributed by atoms with Gasteiger partial charge in [0.1, 0.15) is 5.82 Å². The number of alkyl halides is 3. The molecule has 0 saturated carbocycles. The third-order valence-electron chi connectivity index (χ3n) is 5.45. The SMILES string of the molecule is CCCCc1nccn1-c1ccc2c(c1)cc(-c1ccccc1C(=O)O)n2C.O=C(O)C(F)(F)F. The second-order valence-electron chi connectivity index (χ2n) is 7.80. The average molecular weight is 487 g/mol. The van der Waals surface area contributed by atoms with Gasteiger partial charge in [0, 0.05) is 53.7 Å². The number of fused-ring (bicyclic) bond motifs is 1. The number of benzene rings is 2. The van der Waals surface area contributed by atoms with E-state index in [0.717, 1.165) is 52.9 Å². The molecule has 2 aromatic carbocycles. The van der Waals surface area contributed by atoms with Crippen LogP contribution in [0.15, 0.2) is 60.9 Å². The van der Waals surface area contributed by atoms with Gasteiger partial charge in [-0.05, 0) is 36.8 Å². The number of carboxylic acids is 2. The highest BCUT2D eigenvalue weighted by atomic mass is 19.4. The first-order valence-electron chi connectivity index (χ1n) is 10.8. The summed E-state index contributed by atoms with van der Waals surface area (Å²) in [5, 5.41) is 17.7. The molecule has 0 fully saturated rings. The number of aromatic nitrogens is 3. The smallest absolute Gasteiger partial charge is 0.478 e. The zero-order valence-electron chi connectivity index (χ0n) is 19.1. The maximum Gasteiger partial charge on any atom is 0.490 e. The molecule has 0 aliphatic heterocycles. The Morgan fingerprint density at radius 3 is 2.37 bits per heavy atom. The molecule has 7 nitrogen and oxygen atoms in total. The van der Waals surface area contributed by atoms with Gasteiger partial charge in [0.05, 0.1) is 5.56 Å². The van der Waals surface area contributed by atoms with Gasteiger partial charge in [0.25, 0.3) is 0 Å². The summed E-state index contributed by atoms with van der Waals surface area (Å²) in [7, 11) is 1.97. The van der Waals surface area contributed by atoms with Crippen LogP contribution in [-0.4, -0.2) is 42.4 Å². The number of hydrogen-bond donors (Lipinski definition) is 2. The topological polar surface area (TPSA) is 97.4 Å². The summed E-state index contributed by atoms with van der Waals surface area (Å²) in [5.74, 6) is -2.61. The van der Waals surface area contributed by atoms with Crippen molar-refractivity contribution < 1.29 is 33.0 Å². The predicted octanol–water partition coefficient (Wildman–Crippen LogP) is 5.71. The molecule has 4 aromatic rings. The monoisotopic (exact) mass is 487 g/mol. The highest BCUT2D eigenvalue weighted by Gasteiger charge is 2.38. The largest absolute Gasteiger partial charge is 0.490 e. The van der Waals surface area contributed by atoms with Crippen LogP contribution in [-0.2, 0) is 18.3 Å². The van der Waals surface area contributed by atoms with Crippen LogP contribution in [0.5, 0.6) is 0 Å². The number of carboxylic acid groups (broad SMARTS) is 2. The lowest BCUT2D eigenvalue weighted by Crippen LogP contribution is -2.21. The molecule has 184 valence electrons. The molecule has 2 heterocycles. The lowest BCUT2D eigenvalue weighted by molar-refractivity contribution is -0.192. The summed E-state index contributed by atoms with van der Waals surface area (Å²) in [4.78, 5) is 25.0. The highest BCUT2D eigenvalue weighted by Crippen LogP contribution is 2.31. The van der Waals surface area contributed by atoms with Crippen molar-refractivity contribution in [2.24, 2.45) is 7.05 Å². The number of rotatable bonds is 6. The van der Waals surface area contributed by atoms with Crippen LogP contribution in [0.1, 0.15) is 35.9 Å². The minimum atomic E-state index is -5.08. The van der Waals surface area contributed by atoms with Crippen molar-refractivity contribution in [3.63, 3.8) is 0 Å². The zero-order chi connectivity index (χ0) is 25.8. The lowest BCUT2D eigenvalue weighted by Gasteiger charge is -2.09. The van der Waals surface area contributed by atoms with Gasteiger partial charge in [-0.1, -0.05) is 31.5 Å². The van der Waals surface area contributed by atoms with E-state index in [2.05, 4.69) is 40.7 Å². The van der Waals surface area contributed by atoms with Crippen LogP contribution in [0.2, 0.25) is 0 Å². The van der Waals surface area contributed by atoms with Crippen LogP contribution >= 0.6 is 0 Å². The number of carbonyl (C=O) groups is 2. The fourth-order valence-corrected chi connectivity index (χ4v) is 3.73. The Hall–Kier alpha value is -4.08. The molecule has 0 spiro atoms. The lowest BCUT2D eigenvalue weighted by atomic mass is 10.0. The molecule has 10 heteroatoms. The summed E-state index contributed by atoms with van der Waals surface area (Å²) in [5.41, 5.74) is 4.06. The molecule has 2 aromatic heterocycles. The molecule has 0 amide bonds. The van der Waals surface area contributed by atoms with E-state index < -0.39 is 18.1 Å². The van der Waals surface area contributed by atoms with Gasteiger partial charge in [-0.2, -0.15) is 13.2 Å². The van der Waals surface area contributed by atoms with E-state index in [1.54, 1.807) is 12.1 Å². The Balaban J connectivity index is 0.000000429. The zero-order valence-corrected chi connectivity index (χ0v) is 19.1. The fraction of sp³-hybridized carbons (Fsp3) is 0.240. The van der Waals surface area contributed by atoms with E-state index in [0.29, 0.717) is 5.56 Å². The molecule has 0 aliphatic rings. The molecule has 0 atom stereocenters. The second-order valence-corrected chi connectivity index (χ2v) is 7.80. The van der Waals surface area contributed by atoms with Crippen molar-refractivity contribution in [3.8, 4) is 16.9 Å². The van der Waals surface area contributed by atoms with Crippen LogP contribution in [0.3, 0.4) is 0 Å². The van der Waals surface area contributed by atoms with Crippen LogP contribution in [0, 0.1) is 0 Å². The number of hydrogen-bond acceptors (Lipinski definition) is 3. The normalized spacial score (nSPS) is 11.2. The summed E-state index contributed by atoms with van der Waals surface area (Å²) >= 11 is 0. The molecule has 0 bridgehead atoms. The van der Waals surface area contributed by atoms with Crippen molar-refractivity contribution >= 4 is 22.8 Å². The van der Waals surface area contributed by atoms with Crippen molar-refractivity contribution in [1.29, 1.82) is 0 Å². The van der Waals surface area contributed by atoms with Crippen LogP contribution in [0.4, 0.5) is 13.2 Å². The van der Waals surface area contributed by atoms with Gasteiger partial charge in [-0.15, -0.1) is 0 Å². The predicted molar refractivity (Wildman–Crippen MR) is 125 cm³/mol. The Morgan fingerprint density at radius 2 is 1.74 bits per heavy atom. The minimum Gasteiger partial charge on any atom is -0.478 e. The maximum absolute atomic E-state index is 11.6. The average Bonchev–Trinajstić information content (AvgIpc) is 3.41. The molecule has 0 aliphatic carbocycles. The summed E-state index contributed by atoms with van der Waals surface area (Å²) in [6.45, 7) is 2.18. The fourth-order valence-electron chi connectivity index (χ4n) is 3.73. The summed E-state index contributed by atoms with van der Waals surface area (Å²) in [6, 6.07) is 15.5. The number of aryl methyl sites for hydroxylation is 2. The van der Waals surface area contributed by atoms with Gasteiger partial charge in [-0.3, -0.25) is 0 Å². The molecule has 0 saturated heterocycles. The van der Waals surface area contributed by atoms with Gasteiger partial charge in [0.15, 0.2) is 0 Å². The van der Waals surface area contributed by atoms with Gasteiger partial charge < -0.3 is 19.3 Å². The quantitative estimate of drug-likeness (QED) is 0.363. The third-order valence-corrected chi connectivity index (χ3v) is 5.45. The Kier molecular flexibility index (Phi) is 7.63. The highest BCUT2D eigenvalue weighted by molar-refractivity contribution is 5.98. The molecule has 0 radical (unpaired) electrons. The summed E-state index contributed by atoms with van der Waals surface area (Å²) in [6.07, 6.45) is 1.95. The van der Waals surface area contributed by atoms with E-state index in [1.807, 2.05) is 36.1 Å². The molecular formula is C25H24F3N3O4. The van der Waals surface area contributed by atoms with E-state index in [-0.39, 0.29) is 0 Å². The summed E-state index contributed by atoms with van der Waals surface area (Å²) < 4.78 is 35.9. The first-order chi connectivity index (χ1) is 16.5. The van der Waals surface area contributed by atoms with Crippen LogP contribution < -0.4 is 0 Å². The Bertz CT molecular complexity index is 1360. The molecular weight excluding hydrogens is 463 g/mol. The number of nitrogens with zero attached hydrogens (tertiary/aromatic N) is 3. The van der Waals surface area contributed by atoms with Crippen molar-refractivity contribution in [2.75, 3.05) is 0 Å². The minimum absolute atomic E-state index is 0.310. The van der Waals surface area contributed by atoms with Crippen LogP contribution in [0.25, 0.3) is 27.8 Å². The van der Waals surface area contributed by atoms with E-state index in [1.165, 1.54) is 0 Å². The Labute approximate surface area is 199 Å². The Morgan fingerprint density at radius 1 is 1.06 bits per heavy atom. The molecule has 2 N–H and O–H groups in total. The third kappa shape index (κ3) is 5.71. The van der Waals surface area contributed by atoms with Gasteiger partial charge >= 0.3 is 18.1 Å². The number of halogens is 3. The maximum atomic E-state index is 11.6. The molecule has 4 rings (SSSR count). The van der Waals surface area contributed by atoms with Gasteiger partial charge in [0.2, 0.25) is 0 Å². The van der Waals surface area contributed by atoms with Crippen molar-refractivity contribution in [1.82, 2.24) is 14.1 Å². The number of unbranched alkanes of at least 4 members (excludes halogenated alkanes) is 1. The van der Waals surface area contributed by atoms with E-state index >= 15 is 0 Å². The van der Waals surface area contributed by atoms with Crippen molar-refractivity contribution in [3.05, 3.63) is 72.3 Å². The van der Waals surface area contributed by atoms with Crippen molar-refractivity contribution in [2.45, 2.75) is 32.4 Å². The molecule has 35 heavy (non-hydrogen) atoms. The number of aliphatic carboxylic acids is 1. The first kappa shape index (κ1) is 25.5. The van der Waals surface area contributed by atoms with Gasteiger partial charge in [-0.25, -0.2) is 14.6 Å². The van der Waals surface area contributed by atoms with E-state index in [4.69, 9.17) is 9.90 Å². The second kappa shape index (κ2) is 10.5. The standard InChI is InChI=1S/C23H23N3O2.C2HF3O2/c1-3-4-9-22-24-12-13-26(22)17-10-11-20-16(14-17)15-21(25(20)2)18-7-5-6-8-19(18)23(27)28;3-2(4,5)1(6)7/h5-8,10-15H,3-4,9H2,1-2H3,(H,27,28);(H,6,7). The molecule has 0 unspecified atom stereocenters.